The molecule has 18 heteroatoms. The van der Waals surface area contributed by atoms with Crippen LogP contribution < -0.4 is 9.64 Å². The lowest BCUT2D eigenvalue weighted by Gasteiger charge is -2.40. The summed E-state index contributed by atoms with van der Waals surface area (Å²) < 4.78 is 73.6. The first-order valence-corrected chi connectivity index (χ1v) is 19.1. The second-order valence-electron chi connectivity index (χ2n) is 14.6. The van der Waals surface area contributed by atoms with Crippen molar-refractivity contribution in [3.63, 3.8) is 0 Å². The molecular formula is C36H40ClF2N7O7S. The molecule has 1 aliphatic rings. The average Bonchev–Trinajstić information content (AvgIpc) is 3.06. The van der Waals surface area contributed by atoms with Gasteiger partial charge in [-0.05, 0) is 53.0 Å². The van der Waals surface area contributed by atoms with Gasteiger partial charge in [0.15, 0.2) is 5.82 Å². The Bertz CT molecular complexity index is 2260. The summed E-state index contributed by atoms with van der Waals surface area (Å²) in [5.41, 5.74) is -2.00. The maximum Gasteiger partial charge on any atom is 0.424 e. The van der Waals surface area contributed by atoms with E-state index in [-0.39, 0.29) is 70.6 Å². The number of carbonyl (C=O) groups excluding carboxylic acids is 2. The van der Waals surface area contributed by atoms with Gasteiger partial charge in [0.1, 0.15) is 46.7 Å². The van der Waals surface area contributed by atoms with E-state index in [1.54, 1.807) is 64.6 Å². The highest BCUT2D eigenvalue weighted by atomic mass is 35.5. The van der Waals surface area contributed by atoms with E-state index in [4.69, 9.17) is 32.4 Å². The zero-order valence-corrected chi connectivity index (χ0v) is 32.4. The molecular weight excluding hydrogens is 748 g/mol. The summed E-state index contributed by atoms with van der Waals surface area (Å²) in [4.78, 5) is 45.9. The third-order valence-corrected chi connectivity index (χ3v) is 9.57. The number of benzene rings is 2. The maximum absolute atomic E-state index is 16.8. The van der Waals surface area contributed by atoms with Crippen LogP contribution in [0.25, 0.3) is 37.8 Å². The molecule has 4 aromatic rings. The molecule has 0 bridgehead atoms. The van der Waals surface area contributed by atoms with Gasteiger partial charge in [0.2, 0.25) is 16.6 Å². The van der Waals surface area contributed by atoms with Gasteiger partial charge in [-0.2, -0.15) is 9.97 Å². The summed E-state index contributed by atoms with van der Waals surface area (Å²) in [6, 6.07) is 6.61. The number of hydrogen-bond donors (Lipinski definition) is 0. The highest BCUT2D eigenvalue weighted by Gasteiger charge is 2.37. The minimum atomic E-state index is -4.10. The van der Waals surface area contributed by atoms with Crippen LogP contribution in [0.2, 0.25) is 5.02 Å². The van der Waals surface area contributed by atoms with Crippen molar-refractivity contribution in [1.29, 1.82) is 0 Å². The first-order valence-electron chi connectivity index (χ1n) is 16.8. The average molecular weight is 788 g/mol. The Balaban J connectivity index is 1.59. The highest BCUT2D eigenvalue weighted by Crippen LogP contribution is 2.38. The predicted octanol–water partition coefficient (Wildman–Crippen LogP) is 6.70. The molecule has 0 saturated carbocycles. The summed E-state index contributed by atoms with van der Waals surface area (Å²) in [6.45, 7) is 16.9. The molecule has 3 heterocycles. The molecule has 1 atom stereocenters. The number of anilines is 1. The summed E-state index contributed by atoms with van der Waals surface area (Å²) in [6.07, 6.45) is 0.495. The smallest absolute Gasteiger partial charge is 0.424 e. The van der Waals surface area contributed by atoms with Gasteiger partial charge >= 0.3 is 18.2 Å². The molecule has 5 rings (SSSR count). The quantitative estimate of drug-likeness (QED) is 0.176. The van der Waals surface area contributed by atoms with E-state index in [0.717, 1.165) is 6.26 Å². The largest absolute Gasteiger partial charge is 0.461 e. The topological polar surface area (TPSA) is 149 Å². The van der Waals surface area contributed by atoms with Crippen LogP contribution in [0.15, 0.2) is 36.5 Å². The zero-order chi connectivity index (χ0) is 39.7. The first-order chi connectivity index (χ1) is 25.2. The summed E-state index contributed by atoms with van der Waals surface area (Å²) in [5, 5.41) is 0.714. The van der Waals surface area contributed by atoms with Crippen LogP contribution in [0.4, 0.5) is 24.2 Å². The molecule has 1 aliphatic heterocycles. The van der Waals surface area contributed by atoms with Gasteiger partial charge < -0.3 is 24.0 Å². The van der Waals surface area contributed by atoms with Gasteiger partial charge in [0.25, 0.3) is 0 Å². The molecule has 2 amide bonds. The normalized spacial score (nSPS) is 15.2. The van der Waals surface area contributed by atoms with Crippen LogP contribution in [0, 0.1) is 18.2 Å². The lowest BCUT2D eigenvalue weighted by Crippen LogP contribution is -2.57. The minimum Gasteiger partial charge on any atom is -0.461 e. The molecule has 1 saturated heterocycles. The Kier molecular flexibility index (Phi) is 11.4. The number of rotatable bonds is 8. The number of nitrogens with zero attached hydrogens (tertiary/aromatic N) is 7. The standard InChI is InChI=1S/C36H40ClF2N7O7S/c1-35(2,3)52-33(47)45-15-14-44(20-22(45)18-40-7)31-24-19-41-29(23-11-9-10-21-12-13-25(38)27(37)26(21)23)28(39)30(24)42-32(43-31)51-17-16-46(54(8,49)50)34(48)53-36(4,5)6/h9-13,19,22H,14-18,20H2,1-6,8H3/t22-/m0/s1. The van der Waals surface area contributed by atoms with Crippen molar-refractivity contribution in [2.75, 3.05) is 50.5 Å². The minimum absolute atomic E-state index is 0.0662. The molecule has 0 N–H and O–H groups in total. The van der Waals surface area contributed by atoms with E-state index in [0.29, 0.717) is 9.69 Å². The van der Waals surface area contributed by atoms with Gasteiger partial charge in [-0.3, -0.25) is 9.88 Å². The summed E-state index contributed by atoms with van der Waals surface area (Å²) in [5.74, 6) is -1.46. The fourth-order valence-electron chi connectivity index (χ4n) is 5.82. The van der Waals surface area contributed by atoms with Crippen molar-refractivity contribution in [3.05, 3.63) is 64.6 Å². The van der Waals surface area contributed by atoms with Crippen LogP contribution in [-0.2, 0) is 19.5 Å². The fourth-order valence-corrected chi connectivity index (χ4v) is 6.81. The van der Waals surface area contributed by atoms with Crippen LogP contribution in [0.3, 0.4) is 0 Å². The molecule has 0 spiro atoms. The number of piperazine rings is 1. The van der Waals surface area contributed by atoms with Gasteiger partial charge in [-0.1, -0.05) is 35.9 Å². The number of pyridine rings is 1. The third kappa shape index (κ3) is 8.99. The van der Waals surface area contributed by atoms with Crippen LogP contribution >= 0.6 is 11.6 Å². The number of sulfonamides is 1. The van der Waals surface area contributed by atoms with Gasteiger partial charge in [0.05, 0.1) is 23.2 Å². The van der Waals surface area contributed by atoms with Gasteiger partial charge in [-0.15, -0.1) is 0 Å². The van der Waals surface area contributed by atoms with E-state index in [1.165, 1.54) is 23.2 Å². The molecule has 1 fully saturated rings. The van der Waals surface area contributed by atoms with Crippen LogP contribution in [-0.4, -0.2) is 108 Å². The summed E-state index contributed by atoms with van der Waals surface area (Å²) in [7, 11) is -4.10. The molecule has 2 aromatic heterocycles. The fraction of sp³-hybridized carbons (Fsp3) is 0.444. The van der Waals surface area contributed by atoms with Crippen molar-refractivity contribution in [1.82, 2.24) is 24.2 Å². The lowest BCUT2D eigenvalue weighted by molar-refractivity contribution is 0.0155. The zero-order valence-electron chi connectivity index (χ0n) is 30.8. The number of halogens is 3. The molecule has 0 radical (unpaired) electrons. The van der Waals surface area contributed by atoms with Crippen molar-refractivity contribution < 1.29 is 41.0 Å². The monoisotopic (exact) mass is 787 g/mol. The number of hydrogen-bond acceptors (Lipinski definition) is 11. The Morgan fingerprint density at radius 2 is 1.76 bits per heavy atom. The Labute approximate surface area is 316 Å². The molecule has 0 unspecified atom stereocenters. The predicted molar refractivity (Wildman–Crippen MR) is 199 cm³/mol. The van der Waals surface area contributed by atoms with Crippen molar-refractivity contribution >= 4 is 61.3 Å². The van der Waals surface area contributed by atoms with E-state index >= 15 is 4.39 Å². The lowest BCUT2D eigenvalue weighted by atomic mass is 10.0. The highest BCUT2D eigenvalue weighted by molar-refractivity contribution is 7.88. The van der Waals surface area contributed by atoms with Gasteiger partial charge in [-0.25, -0.2) is 37.7 Å². The van der Waals surface area contributed by atoms with Crippen molar-refractivity contribution in [2.45, 2.75) is 58.8 Å². The SMILES string of the molecule is [C-]#[N+]C[C@H]1CN(c2nc(OCCN(C(=O)OC(C)(C)C)S(C)(=O)=O)nc3c(F)c(-c4cccc5ccc(F)c(Cl)c45)ncc23)CCN1C(=O)OC(C)(C)C. The van der Waals surface area contributed by atoms with E-state index < -0.39 is 64.2 Å². The molecule has 2 aromatic carbocycles. The van der Waals surface area contributed by atoms with Crippen LogP contribution in [0.5, 0.6) is 6.01 Å². The van der Waals surface area contributed by atoms with Crippen LogP contribution in [0.1, 0.15) is 41.5 Å². The van der Waals surface area contributed by atoms with E-state index in [9.17, 15) is 22.4 Å². The number of aromatic nitrogens is 3. The number of fused-ring (bicyclic) bond motifs is 2. The van der Waals surface area contributed by atoms with Crippen molar-refractivity contribution in [3.8, 4) is 17.3 Å². The third-order valence-electron chi connectivity index (χ3n) is 8.07. The molecule has 14 nitrogen and oxygen atoms in total. The number of carbonyl (C=O) groups is 2. The van der Waals surface area contributed by atoms with Crippen molar-refractivity contribution in [2.24, 2.45) is 0 Å². The summed E-state index contributed by atoms with van der Waals surface area (Å²) >= 11 is 6.37. The molecule has 288 valence electrons. The second-order valence-corrected chi connectivity index (χ2v) is 16.8. The maximum atomic E-state index is 16.8. The first kappa shape index (κ1) is 40.1. The Morgan fingerprint density at radius 3 is 2.41 bits per heavy atom. The molecule has 54 heavy (non-hydrogen) atoms. The van der Waals surface area contributed by atoms with E-state index in [1.807, 2.05) is 0 Å². The molecule has 0 aliphatic carbocycles. The second kappa shape index (κ2) is 15.3. The Morgan fingerprint density at radius 1 is 1.06 bits per heavy atom. The number of amides is 2. The van der Waals surface area contributed by atoms with E-state index in [2.05, 4.69) is 19.8 Å². The number of ether oxygens (including phenoxy) is 3. The Hall–Kier alpha value is -5.08. The van der Waals surface area contributed by atoms with Gasteiger partial charge in [0, 0.05) is 36.8 Å².